The minimum Gasteiger partial charge on any atom is -0.294 e. The highest BCUT2D eigenvalue weighted by Crippen LogP contribution is 2.25. The Bertz CT molecular complexity index is 554. The monoisotopic (exact) mass is 210 g/mol. The molecule has 1 aliphatic rings. The lowest BCUT2D eigenvalue weighted by Crippen LogP contribution is -1.99. The molecule has 0 bridgehead atoms. The number of carbonyl (C=O) groups is 1. The minimum atomic E-state index is 0.318. The highest BCUT2D eigenvalue weighted by molar-refractivity contribution is 6.01. The highest BCUT2D eigenvalue weighted by atomic mass is 16.1. The van der Waals surface area contributed by atoms with Crippen molar-refractivity contribution in [1.82, 2.24) is 0 Å². The van der Waals surface area contributed by atoms with Crippen molar-refractivity contribution < 1.29 is 4.79 Å². The number of hydrogen-bond acceptors (Lipinski definition) is 1. The zero-order chi connectivity index (χ0) is 11.0. The van der Waals surface area contributed by atoms with Gasteiger partial charge in [-0.3, -0.25) is 4.79 Å². The number of hydrogen-bond donors (Lipinski definition) is 0. The first-order valence-electron chi connectivity index (χ1n) is 5.89. The van der Waals surface area contributed by atoms with Crippen molar-refractivity contribution in [3.05, 3.63) is 47.5 Å². The summed E-state index contributed by atoms with van der Waals surface area (Å²) < 4.78 is 0. The maximum absolute atomic E-state index is 11.9. The second-order valence-corrected chi connectivity index (χ2v) is 4.49. The fourth-order valence-electron chi connectivity index (χ4n) is 2.49. The van der Waals surface area contributed by atoms with Crippen LogP contribution < -0.4 is 0 Å². The van der Waals surface area contributed by atoms with E-state index < -0.39 is 0 Å². The van der Waals surface area contributed by atoms with E-state index in [0.717, 1.165) is 24.8 Å². The van der Waals surface area contributed by atoms with Gasteiger partial charge < -0.3 is 0 Å². The largest absolute Gasteiger partial charge is 0.294 e. The first-order chi connectivity index (χ1) is 7.84. The van der Waals surface area contributed by atoms with Crippen molar-refractivity contribution in [2.75, 3.05) is 0 Å². The van der Waals surface area contributed by atoms with Gasteiger partial charge in [-0.2, -0.15) is 0 Å². The van der Waals surface area contributed by atoms with Gasteiger partial charge in [-0.05, 0) is 41.7 Å². The molecule has 0 aliphatic heterocycles. The number of aryl methyl sites for hydroxylation is 1. The zero-order valence-electron chi connectivity index (χ0n) is 9.20. The quantitative estimate of drug-likeness (QED) is 0.605. The van der Waals surface area contributed by atoms with Crippen molar-refractivity contribution in [2.45, 2.75) is 25.7 Å². The molecule has 0 saturated carbocycles. The standard InChI is InChI=1S/C15H14O/c16-15-8-4-3-7-13-9-11-5-1-2-6-12(11)10-14(13)15/h1-2,5-6,9-10H,3-4,7-8H2. The molecule has 0 fully saturated rings. The van der Waals surface area contributed by atoms with Crippen LogP contribution in [0.4, 0.5) is 0 Å². The highest BCUT2D eigenvalue weighted by Gasteiger charge is 2.15. The molecule has 0 aromatic heterocycles. The Morgan fingerprint density at radius 2 is 1.56 bits per heavy atom. The van der Waals surface area contributed by atoms with Crippen LogP contribution in [0.15, 0.2) is 36.4 Å². The van der Waals surface area contributed by atoms with Crippen molar-refractivity contribution in [3.8, 4) is 0 Å². The third-order valence-electron chi connectivity index (χ3n) is 3.37. The fourth-order valence-corrected chi connectivity index (χ4v) is 2.49. The van der Waals surface area contributed by atoms with Crippen LogP contribution >= 0.6 is 0 Å². The van der Waals surface area contributed by atoms with Crippen molar-refractivity contribution in [2.24, 2.45) is 0 Å². The van der Waals surface area contributed by atoms with E-state index in [1.807, 2.05) is 12.1 Å². The van der Waals surface area contributed by atoms with E-state index in [2.05, 4.69) is 24.3 Å². The maximum atomic E-state index is 11.9. The van der Waals surface area contributed by atoms with Crippen molar-refractivity contribution in [1.29, 1.82) is 0 Å². The summed E-state index contributed by atoms with van der Waals surface area (Å²) in [6.07, 6.45) is 3.93. The smallest absolute Gasteiger partial charge is 0.163 e. The third-order valence-corrected chi connectivity index (χ3v) is 3.37. The Hall–Kier alpha value is -1.63. The summed E-state index contributed by atoms with van der Waals surface area (Å²) >= 11 is 0. The molecule has 2 aromatic carbocycles. The Kier molecular flexibility index (Phi) is 2.24. The number of fused-ring (bicyclic) bond motifs is 2. The van der Waals surface area contributed by atoms with Gasteiger partial charge >= 0.3 is 0 Å². The SMILES string of the molecule is O=C1CCCCc2cc3ccccc3cc21. The summed E-state index contributed by atoms with van der Waals surface area (Å²) in [5.74, 6) is 0.318. The van der Waals surface area contributed by atoms with E-state index >= 15 is 0 Å². The summed E-state index contributed by atoms with van der Waals surface area (Å²) in [7, 11) is 0. The topological polar surface area (TPSA) is 17.1 Å². The van der Waals surface area contributed by atoms with Crippen LogP contribution in [-0.4, -0.2) is 5.78 Å². The summed E-state index contributed by atoms with van der Waals surface area (Å²) in [5.41, 5.74) is 2.19. The van der Waals surface area contributed by atoms with Crippen LogP contribution in [0.3, 0.4) is 0 Å². The lowest BCUT2D eigenvalue weighted by molar-refractivity contribution is 0.0982. The summed E-state index contributed by atoms with van der Waals surface area (Å²) in [4.78, 5) is 11.9. The van der Waals surface area contributed by atoms with E-state index in [-0.39, 0.29) is 0 Å². The molecular weight excluding hydrogens is 196 g/mol. The molecule has 1 aliphatic carbocycles. The van der Waals surface area contributed by atoms with Gasteiger partial charge in [-0.15, -0.1) is 0 Å². The fraction of sp³-hybridized carbons (Fsp3) is 0.267. The Morgan fingerprint density at radius 1 is 0.875 bits per heavy atom. The summed E-state index contributed by atoms with van der Waals surface area (Å²) in [6, 6.07) is 12.5. The van der Waals surface area contributed by atoms with Gasteiger partial charge in [0.1, 0.15) is 0 Å². The molecule has 0 radical (unpaired) electrons. The van der Waals surface area contributed by atoms with E-state index in [1.165, 1.54) is 16.3 Å². The molecule has 3 rings (SSSR count). The lowest BCUT2D eigenvalue weighted by Gasteiger charge is -2.06. The molecule has 16 heavy (non-hydrogen) atoms. The van der Waals surface area contributed by atoms with Gasteiger partial charge in [-0.25, -0.2) is 0 Å². The van der Waals surface area contributed by atoms with Gasteiger partial charge in [-0.1, -0.05) is 30.3 Å². The van der Waals surface area contributed by atoms with Gasteiger partial charge in [0.2, 0.25) is 0 Å². The maximum Gasteiger partial charge on any atom is 0.163 e. The molecule has 0 amide bonds. The van der Waals surface area contributed by atoms with Gasteiger partial charge in [0.05, 0.1) is 0 Å². The second kappa shape index (κ2) is 3.75. The van der Waals surface area contributed by atoms with Crippen molar-refractivity contribution >= 4 is 16.6 Å². The first-order valence-corrected chi connectivity index (χ1v) is 5.89. The van der Waals surface area contributed by atoms with E-state index in [1.54, 1.807) is 0 Å². The van der Waals surface area contributed by atoms with Crippen LogP contribution in [0.25, 0.3) is 10.8 Å². The number of benzene rings is 2. The molecule has 80 valence electrons. The number of rotatable bonds is 0. The zero-order valence-corrected chi connectivity index (χ0v) is 9.20. The van der Waals surface area contributed by atoms with Crippen LogP contribution in [-0.2, 0) is 6.42 Å². The summed E-state index contributed by atoms with van der Waals surface area (Å²) in [5, 5.41) is 2.42. The molecule has 0 heterocycles. The Morgan fingerprint density at radius 3 is 2.38 bits per heavy atom. The average Bonchev–Trinajstić information content (AvgIpc) is 2.49. The molecule has 0 atom stereocenters. The lowest BCUT2D eigenvalue weighted by atomic mass is 9.97. The molecule has 2 aromatic rings. The van der Waals surface area contributed by atoms with Crippen LogP contribution in [0.1, 0.15) is 35.2 Å². The molecule has 0 N–H and O–H groups in total. The molecule has 0 unspecified atom stereocenters. The van der Waals surface area contributed by atoms with Crippen molar-refractivity contribution in [3.63, 3.8) is 0 Å². The van der Waals surface area contributed by atoms with Gasteiger partial charge in [0, 0.05) is 12.0 Å². The van der Waals surface area contributed by atoms with Crippen LogP contribution in [0, 0.1) is 0 Å². The molecule has 0 spiro atoms. The average molecular weight is 210 g/mol. The normalized spacial score (nSPS) is 15.9. The molecule has 1 nitrogen and oxygen atoms in total. The first kappa shape index (κ1) is 9.59. The van der Waals surface area contributed by atoms with Gasteiger partial charge in [0.25, 0.3) is 0 Å². The van der Waals surface area contributed by atoms with E-state index in [0.29, 0.717) is 12.2 Å². The predicted octanol–water partition coefficient (Wildman–Crippen LogP) is 3.75. The summed E-state index contributed by atoms with van der Waals surface area (Å²) in [6.45, 7) is 0. The molecule has 0 saturated heterocycles. The minimum absolute atomic E-state index is 0.318. The van der Waals surface area contributed by atoms with Crippen LogP contribution in [0.5, 0.6) is 0 Å². The predicted molar refractivity (Wildman–Crippen MR) is 65.8 cm³/mol. The Labute approximate surface area is 95.1 Å². The van der Waals surface area contributed by atoms with E-state index in [9.17, 15) is 4.79 Å². The molecule has 1 heteroatoms. The third kappa shape index (κ3) is 1.53. The number of Topliss-reactive ketones (excluding diaryl/α,β-unsaturated/α-hetero) is 1. The molecular formula is C15H14O. The van der Waals surface area contributed by atoms with Gasteiger partial charge in [0.15, 0.2) is 5.78 Å². The van der Waals surface area contributed by atoms with Crippen LogP contribution in [0.2, 0.25) is 0 Å². The number of ketones is 1. The Balaban J connectivity index is 2.27. The van der Waals surface area contributed by atoms with E-state index in [4.69, 9.17) is 0 Å². The second-order valence-electron chi connectivity index (χ2n) is 4.49. The number of carbonyl (C=O) groups excluding carboxylic acids is 1.